The summed E-state index contributed by atoms with van der Waals surface area (Å²) in [7, 11) is 1.51. The first-order chi connectivity index (χ1) is 7.74. The van der Waals surface area contributed by atoms with Gasteiger partial charge in [0.25, 0.3) is 0 Å². The summed E-state index contributed by atoms with van der Waals surface area (Å²) in [5, 5.41) is 3.83. The molecule has 0 radical (unpaired) electrons. The summed E-state index contributed by atoms with van der Waals surface area (Å²) in [4.78, 5) is 0. The molecule has 0 amide bonds. The average Bonchev–Trinajstić information content (AvgIpc) is 2.81. The van der Waals surface area contributed by atoms with Crippen molar-refractivity contribution in [2.24, 2.45) is 5.73 Å². The molecule has 2 aromatic rings. The number of methoxy groups -OCH3 is 1. The number of nitrogens with two attached hydrogens (primary N) is 1. The zero-order valence-electron chi connectivity index (χ0n) is 8.81. The van der Waals surface area contributed by atoms with Crippen LogP contribution in [0.5, 0.6) is 5.75 Å². The molecule has 0 aliphatic carbocycles. The maximum absolute atomic E-state index is 13.7. The fraction of sp³-hybridized carbons (Fsp3) is 0.167. The van der Waals surface area contributed by atoms with Crippen molar-refractivity contribution in [2.75, 3.05) is 7.11 Å². The summed E-state index contributed by atoms with van der Waals surface area (Å²) >= 11 is 1.54. The molecule has 1 atom stereocenters. The first kappa shape index (κ1) is 11.1. The highest BCUT2D eigenvalue weighted by Crippen LogP contribution is 2.31. The van der Waals surface area contributed by atoms with E-state index in [1.807, 2.05) is 16.8 Å². The molecule has 1 aromatic heterocycles. The van der Waals surface area contributed by atoms with Crippen LogP contribution in [0.15, 0.2) is 35.0 Å². The van der Waals surface area contributed by atoms with Gasteiger partial charge < -0.3 is 10.5 Å². The second-order valence-electron chi connectivity index (χ2n) is 3.39. The lowest BCUT2D eigenvalue weighted by Gasteiger charge is -2.15. The van der Waals surface area contributed by atoms with Crippen LogP contribution in [-0.2, 0) is 0 Å². The largest absolute Gasteiger partial charge is 0.496 e. The Morgan fingerprint density at radius 1 is 1.38 bits per heavy atom. The van der Waals surface area contributed by atoms with Crippen molar-refractivity contribution in [3.05, 3.63) is 52.0 Å². The minimum atomic E-state index is -0.484. The number of thiophene rings is 1. The molecule has 2 rings (SSSR count). The lowest BCUT2D eigenvalue weighted by atomic mass is 10.0. The molecule has 0 aliphatic rings. The minimum Gasteiger partial charge on any atom is -0.496 e. The third-order valence-corrected chi connectivity index (χ3v) is 3.15. The van der Waals surface area contributed by atoms with Gasteiger partial charge in [0.05, 0.1) is 18.7 Å². The van der Waals surface area contributed by atoms with Crippen molar-refractivity contribution < 1.29 is 9.13 Å². The average molecular weight is 237 g/mol. The van der Waals surface area contributed by atoms with E-state index in [4.69, 9.17) is 10.5 Å². The van der Waals surface area contributed by atoms with E-state index >= 15 is 0 Å². The van der Waals surface area contributed by atoms with Gasteiger partial charge in [0.1, 0.15) is 11.6 Å². The van der Waals surface area contributed by atoms with Crippen molar-refractivity contribution >= 4 is 11.3 Å². The number of ether oxygens (including phenoxy) is 1. The van der Waals surface area contributed by atoms with Crippen molar-refractivity contribution in [1.82, 2.24) is 0 Å². The second-order valence-corrected chi connectivity index (χ2v) is 4.17. The van der Waals surface area contributed by atoms with Gasteiger partial charge >= 0.3 is 0 Å². The first-order valence-electron chi connectivity index (χ1n) is 4.84. The van der Waals surface area contributed by atoms with Crippen LogP contribution in [0.25, 0.3) is 0 Å². The Morgan fingerprint density at radius 2 is 2.19 bits per heavy atom. The van der Waals surface area contributed by atoms with Gasteiger partial charge in [0.2, 0.25) is 0 Å². The van der Waals surface area contributed by atoms with E-state index in [2.05, 4.69) is 0 Å². The topological polar surface area (TPSA) is 35.2 Å². The second kappa shape index (κ2) is 4.63. The van der Waals surface area contributed by atoms with Crippen molar-refractivity contribution in [3.8, 4) is 5.75 Å². The maximum Gasteiger partial charge on any atom is 0.132 e. The van der Waals surface area contributed by atoms with Crippen LogP contribution in [0, 0.1) is 5.82 Å². The van der Waals surface area contributed by atoms with Gasteiger partial charge in [0.15, 0.2) is 0 Å². The van der Waals surface area contributed by atoms with Gasteiger partial charge in [0, 0.05) is 0 Å². The summed E-state index contributed by atoms with van der Waals surface area (Å²) in [5.41, 5.74) is 7.33. The smallest absolute Gasteiger partial charge is 0.132 e. The van der Waals surface area contributed by atoms with E-state index < -0.39 is 6.04 Å². The Balaban J connectivity index is 2.47. The fourth-order valence-electron chi connectivity index (χ4n) is 1.62. The summed E-state index contributed by atoms with van der Waals surface area (Å²) < 4.78 is 18.9. The standard InChI is InChI=1S/C12H12FNOS/c1-15-10-4-2-3-9(13)11(10)12(14)8-5-6-16-7-8/h2-7,12H,14H2,1H3. The van der Waals surface area contributed by atoms with Crippen LogP contribution in [0.1, 0.15) is 17.2 Å². The van der Waals surface area contributed by atoms with Crippen LogP contribution < -0.4 is 10.5 Å². The zero-order valence-corrected chi connectivity index (χ0v) is 9.63. The first-order valence-corrected chi connectivity index (χ1v) is 5.78. The third-order valence-electron chi connectivity index (χ3n) is 2.45. The molecule has 4 heteroatoms. The zero-order chi connectivity index (χ0) is 11.5. The lowest BCUT2D eigenvalue weighted by Crippen LogP contribution is -2.14. The van der Waals surface area contributed by atoms with E-state index in [1.165, 1.54) is 24.5 Å². The van der Waals surface area contributed by atoms with Crippen molar-refractivity contribution in [2.45, 2.75) is 6.04 Å². The molecule has 1 aromatic carbocycles. The molecule has 84 valence electrons. The molecule has 0 aliphatic heterocycles. The number of hydrogen-bond donors (Lipinski definition) is 1. The number of halogens is 1. The molecule has 1 heterocycles. The fourth-order valence-corrected chi connectivity index (χ4v) is 2.31. The van der Waals surface area contributed by atoms with Crippen LogP contribution in [0.4, 0.5) is 4.39 Å². The van der Waals surface area contributed by atoms with Gasteiger partial charge in [-0.15, -0.1) is 0 Å². The summed E-state index contributed by atoms with van der Waals surface area (Å²) in [6, 6.07) is 6.12. The van der Waals surface area contributed by atoms with Gasteiger partial charge in [-0.05, 0) is 34.5 Å². The molecule has 0 spiro atoms. The molecule has 0 bridgehead atoms. The lowest BCUT2D eigenvalue weighted by molar-refractivity contribution is 0.402. The molecule has 0 saturated carbocycles. The van der Waals surface area contributed by atoms with Crippen LogP contribution in [0.2, 0.25) is 0 Å². The third kappa shape index (κ3) is 1.94. The van der Waals surface area contributed by atoms with Gasteiger partial charge in [-0.2, -0.15) is 11.3 Å². The maximum atomic E-state index is 13.7. The Morgan fingerprint density at radius 3 is 2.81 bits per heavy atom. The van der Waals surface area contributed by atoms with Crippen molar-refractivity contribution in [1.29, 1.82) is 0 Å². The van der Waals surface area contributed by atoms with E-state index in [0.717, 1.165) is 5.56 Å². The highest BCUT2D eigenvalue weighted by molar-refractivity contribution is 7.08. The van der Waals surface area contributed by atoms with Crippen molar-refractivity contribution in [3.63, 3.8) is 0 Å². The highest BCUT2D eigenvalue weighted by Gasteiger charge is 2.18. The van der Waals surface area contributed by atoms with Gasteiger partial charge in [-0.1, -0.05) is 6.07 Å². The molecule has 2 nitrogen and oxygen atoms in total. The highest BCUT2D eigenvalue weighted by atomic mass is 32.1. The molecular weight excluding hydrogens is 225 g/mol. The van der Waals surface area contributed by atoms with Crippen LogP contribution in [-0.4, -0.2) is 7.11 Å². The number of benzene rings is 1. The predicted octanol–water partition coefficient (Wildman–Crippen LogP) is 2.94. The summed E-state index contributed by atoms with van der Waals surface area (Å²) in [6.45, 7) is 0. The van der Waals surface area contributed by atoms with E-state index in [1.54, 1.807) is 12.1 Å². The molecule has 1 unspecified atom stereocenters. The Hall–Kier alpha value is -1.39. The van der Waals surface area contributed by atoms with E-state index in [0.29, 0.717) is 11.3 Å². The monoisotopic (exact) mass is 237 g/mol. The Kier molecular flexibility index (Phi) is 3.22. The molecule has 16 heavy (non-hydrogen) atoms. The summed E-state index contributed by atoms with van der Waals surface area (Å²) in [6.07, 6.45) is 0. The molecule has 2 N–H and O–H groups in total. The van der Waals surface area contributed by atoms with Gasteiger partial charge in [-0.25, -0.2) is 4.39 Å². The predicted molar refractivity (Wildman–Crippen MR) is 63.3 cm³/mol. The summed E-state index contributed by atoms with van der Waals surface area (Å²) in [5.74, 6) is 0.150. The normalized spacial score (nSPS) is 12.4. The van der Waals surface area contributed by atoms with Crippen LogP contribution >= 0.6 is 11.3 Å². The molecule has 0 saturated heterocycles. The quantitative estimate of drug-likeness (QED) is 0.890. The molecular formula is C12H12FNOS. The van der Waals surface area contributed by atoms with E-state index in [9.17, 15) is 4.39 Å². The Labute approximate surface area is 97.5 Å². The van der Waals surface area contributed by atoms with Crippen LogP contribution in [0.3, 0.4) is 0 Å². The van der Waals surface area contributed by atoms with Gasteiger partial charge in [-0.3, -0.25) is 0 Å². The van der Waals surface area contributed by atoms with E-state index in [-0.39, 0.29) is 5.82 Å². The minimum absolute atomic E-state index is 0.335. The SMILES string of the molecule is COc1cccc(F)c1C(N)c1ccsc1. The molecule has 0 fully saturated rings. The Bertz CT molecular complexity index is 470. The number of rotatable bonds is 3. The number of hydrogen-bond acceptors (Lipinski definition) is 3.